The quantitative estimate of drug-likeness (QED) is 0.631. The molecule has 0 N–H and O–H groups in total. The average Bonchev–Trinajstić information content (AvgIpc) is 2.66. The zero-order chi connectivity index (χ0) is 20.5. The van der Waals surface area contributed by atoms with Crippen LogP contribution in [0, 0.1) is 17.8 Å². The van der Waals surface area contributed by atoms with Crippen LogP contribution in [-0.2, 0) is 14.3 Å². The van der Waals surface area contributed by atoms with Gasteiger partial charge in [-0.25, -0.2) is 4.39 Å². The van der Waals surface area contributed by atoms with E-state index in [1.54, 1.807) is 0 Å². The highest BCUT2D eigenvalue weighted by molar-refractivity contribution is 6.20. The standard InChI is InChI=1S/C22H34ClFN2O3/c1-2-14-3-5-15(6-4-14)10-26-20(27)11-25(19-8-7-17(23)9-18(19)24)22(28)21(26)16-12-29-13-16/h14-19,21H,2-13H2,1H3. The fourth-order valence-electron chi connectivity index (χ4n) is 5.66. The van der Waals surface area contributed by atoms with Crippen molar-refractivity contribution in [2.24, 2.45) is 17.8 Å². The molecule has 4 unspecified atom stereocenters. The van der Waals surface area contributed by atoms with Crippen LogP contribution in [0.1, 0.15) is 58.3 Å². The predicted molar refractivity (Wildman–Crippen MR) is 109 cm³/mol. The number of halogens is 2. The molecule has 2 heterocycles. The van der Waals surface area contributed by atoms with Crippen LogP contribution in [0.4, 0.5) is 4.39 Å². The summed E-state index contributed by atoms with van der Waals surface area (Å²) in [4.78, 5) is 30.0. The molecule has 2 amide bonds. The van der Waals surface area contributed by atoms with Crippen LogP contribution in [0.25, 0.3) is 0 Å². The van der Waals surface area contributed by atoms with Gasteiger partial charge in [0.05, 0.1) is 19.3 Å². The van der Waals surface area contributed by atoms with Crippen LogP contribution in [0.15, 0.2) is 0 Å². The number of hydrogen-bond acceptors (Lipinski definition) is 3. The lowest BCUT2D eigenvalue weighted by Gasteiger charge is -2.50. The molecule has 4 atom stereocenters. The van der Waals surface area contributed by atoms with Crippen molar-refractivity contribution in [2.75, 3.05) is 26.3 Å². The Kier molecular flexibility index (Phi) is 6.69. The monoisotopic (exact) mass is 428 g/mol. The largest absolute Gasteiger partial charge is 0.380 e. The Hall–Kier alpha value is -0.880. The molecule has 7 heteroatoms. The van der Waals surface area contributed by atoms with Crippen LogP contribution < -0.4 is 0 Å². The van der Waals surface area contributed by atoms with Crippen LogP contribution >= 0.6 is 11.6 Å². The van der Waals surface area contributed by atoms with Crippen LogP contribution in [0.2, 0.25) is 0 Å². The number of ether oxygens (including phenoxy) is 1. The Labute approximate surface area is 178 Å². The summed E-state index contributed by atoms with van der Waals surface area (Å²) in [6, 6.07) is -1.01. The van der Waals surface area contributed by atoms with Crippen molar-refractivity contribution in [3.8, 4) is 0 Å². The SMILES string of the molecule is CCC1CCC(CN2C(=O)CN(C3CCC(Cl)CC3F)C(=O)C2C2COC2)CC1. The molecule has 29 heavy (non-hydrogen) atoms. The molecule has 0 aromatic carbocycles. The molecule has 2 saturated heterocycles. The van der Waals surface area contributed by atoms with Gasteiger partial charge in [-0.2, -0.15) is 0 Å². The zero-order valence-corrected chi connectivity index (χ0v) is 18.2. The van der Waals surface area contributed by atoms with Crippen LogP contribution in [0.5, 0.6) is 0 Å². The number of piperazine rings is 1. The van der Waals surface area contributed by atoms with Gasteiger partial charge in [0.25, 0.3) is 0 Å². The van der Waals surface area contributed by atoms with E-state index in [2.05, 4.69) is 6.92 Å². The fraction of sp³-hybridized carbons (Fsp3) is 0.909. The van der Waals surface area contributed by atoms with Gasteiger partial charge in [0, 0.05) is 17.8 Å². The number of carbonyl (C=O) groups is 2. The predicted octanol–water partition coefficient (Wildman–Crippen LogP) is 3.39. The maximum Gasteiger partial charge on any atom is 0.246 e. The Balaban J connectivity index is 1.47. The summed E-state index contributed by atoms with van der Waals surface area (Å²) >= 11 is 6.11. The summed E-state index contributed by atoms with van der Waals surface area (Å²) in [5.74, 6) is 1.18. The molecule has 4 rings (SSSR count). The van der Waals surface area contributed by atoms with Gasteiger partial charge in [-0.15, -0.1) is 11.6 Å². The van der Waals surface area contributed by atoms with E-state index in [9.17, 15) is 14.0 Å². The molecule has 2 aliphatic heterocycles. The van der Waals surface area contributed by atoms with Gasteiger partial charge in [-0.3, -0.25) is 9.59 Å². The first-order chi connectivity index (χ1) is 14.0. The van der Waals surface area contributed by atoms with E-state index in [4.69, 9.17) is 16.3 Å². The first-order valence-electron chi connectivity index (χ1n) is 11.4. The first-order valence-corrected chi connectivity index (χ1v) is 11.9. The topological polar surface area (TPSA) is 49.9 Å². The molecular formula is C22H34ClFN2O3. The second kappa shape index (κ2) is 9.09. The van der Waals surface area contributed by atoms with Gasteiger partial charge >= 0.3 is 0 Å². The van der Waals surface area contributed by atoms with E-state index in [1.165, 1.54) is 24.2 Å². The molecule has 2 saturated carbocycles. The normalized spacial score (nSPS) is 39.6. The summed E-state index contributed by atoms with van der Waals surface area (Å²) in [5, 5.41) is -0.178. The van der Waals surface area contributed by atoms with Crippen molar-refractivity contribution in [1.82, 2.24) is 9.80 Å². The van der Waals surface area contributed by atoms with Gasteiger partial charge in [0.15, 0.2) is 0 Å². The number of alkyl halides is 2. The molecule has 2 aliphatic carbocycles. The summed E-state index contributed by atoms with van der Waals surface area (Å²) in [6.45, 7) is 3.91. The molecule has 4 fully saturated rings. The average molecular weight is 429 g/mol. The maximum absolute atomic E-state index is 14.7. The van der Waals surface area contributed by atoms with Gasteiger partial charge in [-0.05, 0) is 43.9 Å². The van der Waals surface area contributed by atoms with Crippen molar-refractivity contribution in [3.05, 3.63) is 0 Å². The molecule has 5 nitrogen and oxygen atoms in total. The zero-order valence-electron chi connectivity index (χ0n) is 17.4. The van der Waals surface area contributed by atoms with E-state index in [0.29, 0.717) is 38.5 Å². The lowest BCUT2D eigenvalue weighted by atomic mass is 9.80. The van der Waals surface area contributed by atoms with Crippen molar-refractivity contribution in [2.45, 2.75) is 81.9 Å². The van der Waals surface area contributed by atoms with Gasteiger partial charge in [0.1, 0.15) is 18.8 Å². The third-order valence-corrected chi connectivity index (χ3v) is 8.08. The second-order valence-corrected chi connectivity index (χ2v) is 10.2. The Morgan fingerprint density at radius 1 is 1.07 bits per heavy atom. The molecule has 164 valence electrons. The van der Waals surface area contributed by atoms with E-state index in [0.717, 1.165) is 18.8 Å². The number of hydrogen-bond donors (Lipinski definition) is 0. The van der Waals surface area contributed by atoms with Crippen LogP contribution in [-0.4, -0.2) is 71.5 Å². The lowest BCUT2D eigenvalue weighted by molar-refractivity contribution is -0.172. The van der Waals surface area contributed by atoms with Gasteiger partial charge in [-0.1, -0.05) is 26.2 Å². The summed E-state index contributed by atoms with van der Waals surface area (Å²) in [7, 11) is 0. The van der Waals surface area contributed by atoms with E-state index in [1.807, 2.05) is 4.90 Å². The molecule has 0 radical (unpaired) electrons. The Morgan fingerprint density at radius 2 is 1.76 bits per heavy atom. The van der Waals surface area contributed by atoms with Gasteiger partial charge < -0.3 is 14.5 Å². The molecular weight excluding hydrogens is 395 g/mol. The number of amides is 2. The van der Waals surface area contributed by atoms with Crippen molar-refractivity contribution in [1.29, 1.82) is 0 Å². The molecule has 0 aromatic heterocycles. The number of carbonyl (C=O) groups excluding carboxylic acids is 2. The molecule has 4 aliphatic rings. The number of nitrogens with zero attached hydrogens (tertiary/aromatic N) is 2. The van der Waals surface area contributed by atoms with E-state index >= 15 is 0 Å². The summed E-state index contributed by atoms with van der Waals surface area (Å²) < 4.78 is 20.1. The highest BCUT2D eigenvalue weighted by atomic mass is 35.5. The number of rotatable bonds is 5. The molecule has 0 spiro atoms. The lowest BCUT2D eigenvalue weighted by Crippen LogP contribution is -2.68. The first kappa shape index (κ1) is 21.4. The minimum Gasteiger partial charge on any atom is -0.380 e. The minimum atomic E-state index is -1.16. The van der Waals surface area contributed by atoms with Crippen molar-refractivity contribution >= 4 is 23.4 Å². The van der Waals surface area contributed by atoms with Crippen LogP contribution in [0.3, 0.4) is 0 Å². The van der Waals surface area contributed by atoms with Crippen molar-refractivity contribution in [3.63, 3.8) is 0 Å². The second-order valence-electron chi connectivity index (χ2n) is 9.54. The third kappa shape index (κ3) is 4.43. The van der Waals surface area contributed by atoms with Gasteiger partial charge in [0.2, 0.25) is 11.8 Å². The third-order valence-electron chi connectivity index (χ3n) is 7.68. The smallest absolute Gasteiger partial charge is 0.246 e. The highest BCUT2D eigenvalue weighted by Crippen LogP contribution is 2.36. The molecule has 0 aromatic rings. The Morgan fingerprint density at radius 3 is 2.34 bits per heavy atom. The fourth-order valence-corrected chi connectivity index (χ4v) is 5.96. The molecule has 0 bridgehead atoms. The van der Waals surface area contributed by atoms with Crippen molar-refractivity contribution < 1.29 is 18.7 Å². The Bertz CT molecular complexity index is 609. The van der Waals surface area contributed by atoms with E-state index < -0.39 is 18.3 Å². The van der Waals surface area contributed by atoms with E-state index in [-0.39, 0.29) is 36.1 Å². The highest BCUT2D eigenvalue weighted by Gasteiger charge is 2.50. The minimum absolute atomic E-state index is 0.00521. The summed E-state index contributed by atoms with van der Waals surface area (Å²) in [6.07, 6.45) is 6.22. The summed E-state index contributed by atoms with van der Waals surface area (Å²) in [5.41, 5.74) is 0. The maximum atomic E-state index is 14.7.